The number of benzene rings is 2. The van der Waals surface area contributed by atoms with Crippen molar-refractivity contribution < 1.29 is 9.90 Å². The topological polar surface area (TPSA) is 40.5 Å². The number of hydrogen-bond donors (Lipinski definition) is 1. The van der Waals surface area contributed by atoms with Gasteiger partial charge in [0, 0.05) is 12.2 Å². The van der Waals surface area contributed by atoms with Crippen molar-refractivity contribution in [3.8, 4) is 0 Å². The summed E-state index contributed by atoms with van der Waals surface area (Å²) in [6.07, 6.45) is 0. The molecule has 98 valence electrons. The van der Waals surface area contributed by atoms with Crippen LogP contribution >= 0.6 is 0 Å². The third kappa shape index (κ3) is 3.58. The van der Waals surface area contributed by atoms with Crippen molar-refractivity contribution >= 4 is 11.7 Å². The van der Waals surface area contributed by atoms with Gasteiger partial charge in [0.15, 0.2) is 0 Å². The van der Waals surface area contributed by atoms with Gasteiger partial charge in [-0.25, -0.2) is 0 Å². The first-order chi connectivity index (χ1) is 9.16. The van der Waals surface area contributed by atoms with E-state index in [1.165, 1.54) is 0 Å². The van der Waals surface area contributed by atoms with Gasteiger partial charge in [0.25, 0.3) is 0 Å². The highest BCUT2D eigenvalue weighted by atomic mass is 16.4. The molecule has 3 heteroatoms. The van der Waals surface area contributed by atoms with E-state index < -0.39 is 5.97 Å². The summed E-state index contributed by atoms with van der Waals surface area (Å²) in [4.78, 5) is 12.9. The second-order valence-electron chi connectivity index (χ2n) is 4.52. The van der Waals surface area contributed by atoms with Crippen LogP contribution in [0.1, 0.15) is 11.1 Å². The molecule has 3 nitrogen and oxygen atoms in total. The molecule has 2 rings (SSSR count). The molecule has 0 aliphatic carbocycles. The minimum Gasteiger partial charge on any atom is -0.480 e. The summed E-state index contributed by atoms with van der Waals surface area (Å²) in [5, 5.41) is 9.07. The van der Waals surface area contributed by atoms with Gasteiger partial charge in [-0.3, -0.25) is 4.79 Å². The maximum atomic E-state index is 11.0. The number of hydrogen-bond acceptors (Lipinski definition) is 2. The molecular weight excluding hydrogens is 238 g/mol. The van der Waals surface area contributed by atoms with Gasteiger partial charge in [-0.1, -0.05) is 48.5 Å². The Bertz CT molecular complexity index is 552. The number of anilines is 1. The highest BCUT2D eigenvalue weighted by Gasteiger charge is 2.12. The van der Waals surface area contributed by atoms with E-state index in [0.717, 1.165) is 16.8 Å². The monoisotopic (exact) mass is 255 g/mol. The van der Waals surface area contributed by atoms with Gasteiger partial charge in [0.05, 0.1) is 0 Å². The first-order valence-corrected chi connectivity index (χ1v) is 6.23. The summed E-state index contributed by atoms with van der Waals surface area (Å²) in [7, 11) is 0. The molecule has 0 spiro atoms. The average Bonchev–Trinajstić information content (AvgIpc) is 2.39. The van der Waals surface area contributed by atoms with Crippen molar-refractivity contribution in [1.29, 1.82) is 0 Å². The molecule has 0 saturated heterocycles. The van der Waals surface area contributed by atoms with Crippen molar-refractivity contribution in [2.24, 2.45) is 0 Å². The minimum atomic E-state index is -0.820. The Labute approximate surface area is 113 Å². The molecule has 0 amide bonds. The van der Waals surface area contributed by atoms with E-state index in [-0.39, 0.29) is 6.54 Å². The quantitative estimate of drug-likeness (QED) is 0.892. The zero-order valence-electron chi connectivity index (χ0n) is 10.9. The van der Waals surface area contributed by atoms with Gasteiger partial charge in [-0.2, -0.15) is 0 Å². The lowest BCUT2D eigenvalue weighted by atomic mass is 10.1. The van der Waals surface area contributed by atoms with Gasteiger partial charge < -0.3 is 10.0 Å². The van der Waals surface area contributed by atoms with Crippen LogP contribution in [0, 0.1) is 6.92 Å². The molecule has 0 atom stereocenters. The van der Waals surface area contributed by atoms with Gasteiger partial charge >= 0.3 is 5.97 Å². The average molecular weight is 255 g/mol. The van der Waals surface area contributed by atoms with Crippen molar-refractivity contribution in [3.63, 3.8) is 0 Å². The molecule has 0 saturated carbocycles. The number of carboxylic acid groups (broad SMARTS) is 1. The zero-order valence-corrected chi connectivity index (χ0v) is 10.9. The fourth-order valence-corrected chi connectivity index (χ4v) is 2.11. The number of rotatable bonds is 5. The molecule has 1 N–H and O–H groups in total. The second kappa shape index (κ2) is 6.05. The zero-order chi connectivity index (χ0) is 13.7. The number of carboxylic acids is 1. The molecule has 0 bridgehead atoms. The van der Waals surface area contributed by atoms with E-state index >= 15 is 0 Å². The summed E-state index contributed by atoms with van der Waals surface area (Å²) in [5.74, 6) is -0.820. The second-order valence-corrected chi connectivity index (χ2v) is 4.52. The predicted octanol–water partition coefficient (Wildman–Crippen LogP) is 3.09. The summed E-state index contributed by atoms with van der Waals surface area (Å²) in [6.45, 7) is 2.59. The molecule has 0 aromatic heterocycles. The van der Waals surface area contributed by atoms with Gasteiger partial charge in [-0.15, -0.1) is 0 Å². The van der Waals surface area contributed by atoms with Crippen LogP contribution in [-0.4, -0.2) is 17.6 Å². The number of aliphatic carboxylic acids is 1. The summed E-state index contributed by atoms with van der Waals surface area (Å²) in [6, 6.07) is 17.7. The molecule has 0 aliphatic heterocycles. The summed E-state index contributed by atoms with van der Waals surface area (Å²) in [5.41, 5.74) is 3.15. The summed E-state index contributed by atoms with van der Waals surface area (Å²) >= 11 is 0. The van der Waals surface area contributed by atoms with Crippen LogP contribution in [0.2, 0.25) is 0 Å². The highest BCUT2D eigenvalue weighted by molar-refractivity contribution is 5.74. The molecular formula is C16H17NO2. The Morgan fingerprint density at radius 2 is 1.68 bits per heavy atom. The number of aryl methyl sites for hydroxylation is 1. The molecule has 2 aromatic carbocycles. The first-order valence-electron chi connectivity index (χ1n) is 6.23. The normalized spacial score (nSPS) is 10.2. The van der Waals surface area contributed by atoms with E-state index in [2.05, 4.69) is 0 Å². The van der Waals surface area contributed by atoms with E-state index in [9.17, 15) is 4.79 Å². The van der Waals surface area contributed by atoms with Crippen molar-refractivity contribution in [3.05, 3.63) is 65.7 Å². The Hall–Kier alpha value is -2.29. The largest absolute Gasteiger partial charge is 0.480 e. The van der Waals surface area contributed by atoms with Crippen molar-refractivity contribution in [2.45, 2.75) is 13.5 Å². The lowest BCUT2D eigenvalue weighted by Gasteiger charge is -2.24. The summed E-state index contributed by atoms with van der Waals surface area (Å²) < 4.78 is 0. The number of nitrogens with zero attached hydrogens (tertiary/aromatic N) is 1. The van der Waals surface area contributed by atoms with Crippen molar-refractivity contribution in [2.75, 3.05) is 11.4 Å². The van der Waals surface area contributed by atoms with Crippen molar-refractivity contribution in [1.82, 2.24) is 0 Å². The molecule has 2 aromatic rings. The maximum Gasteiger partial charge on any atom is 0.323 e. The Balaban J connectivity index is 2.26. The third-order valence-corrected chi connectivity index (χ3v) is 3.00. The van der Waals surface area contributed by atoms with Crippen LogP contribution in [0.5, 0.6) is 0 Å². The van der Waals surface area contributed by atoms with Crippen LogP contribution < -0.4 is 4.90 Å². The molecule has 0 unspecified atom stereocenters. The smallest absolute Gasteiger partial charge is 0.323 e. The van der Waals surface area contributed by atoms with Crippen LogP contribution in [-0.2, 0) is 11.3 Å². The lowest BCUT2D eigenvalue weighted by molar-refractivity contribution is -0.135. The van der Waals surface area contributed by atoms with Crippen LogP contribution in [0.15, 0.2) is 54.6 Å². The van der Waals surface area contributed by atoms with E-state index in [4.69, 9.17) is 5.11 Å². The lowest BCUT2D eigenvalue weighted by Crippen LogP contribution is -2.29. The highest BCUT2D eigenvalue weighted by Crippen LogP contribution is 2.21. The Kier molecular flexibility index (Phi) is 4.18. The van der Waals surface area contributed by atoms with Gasteiger partial charge in [0.1, 0.15) is 6.54 Å². The van der Waals surface area contributed by atoms with E-state index in [1.54, 1.807) is 0 Å². The van der Waals surface area contributed by atoms with Crippen LogP contribution in [0.3, 0.4) is 0 Å². The predicted molar refractivity (Wildman–Crippen MR) is 76.3 cm³/mol. The fraction of sp³-hybridized carbons (Fsp3) is 0.188. The van der Waals surface area contributed by atoms with Crippen LogP contribution in [0.25, 0.3) is 0 Å². The minimum absolute atomic E-state index is 0.000250. The third-order valence-electron chi connectivity index (χ3n) is 3.00. The van der Waals surface area contributed by atoms with E-state index in [1.807, 2.05) is 66.4 Å². The first kappa shape index (κ1) is 13.1. The fourth-order valence-electron chi connectivity index (χ4n) is 2.11. The van der Waals surface area contributed by atoms with E-state index in [0.29, 0.717) is 6.54 Å². The molecule has 0 heterocycles. The number of carbonyl (C=O) groups is 1. The molecule has 19 heavy (non-hydrogen) atoms. The SMILES string of the molecule is Cc1ccccc1N(CC(=O)O)Cc1ccccc1. The van der Waals surface area contributed by atoms with Gasteiger partial charge in [0.2, 0.25) is 0 Å². The van der Waals surface area contributed by atoms with Gasteiger partial charge in [-0.05, 0) is 24.1 Å². The number of para-hydroxylation sites is 1. The standard InChI is InChI=1S/C16H17NO2/c1-13-7-5-6-10-15(13)17(12-16(18)19)11-14-8-3-2-4-9-14/h2-10H,11-12H2,1H3,(H,18,19). The maximum absolute atomic E-state index is 11.0. The Morgan fingerprint density at radius 3 is 2.32 bits per heavy atom. The van der Waals surface area contributed by atoms with Crippen LogP contribution in [0.4, 0.5) is 5.69 Å². The molecule has 0 radical (unpaired) electrons. The molecule has 0 aliphatic rings. The Morgan fingerprint density at radius 1 is 1.05 bits per heavy atom. The molecule has 0 fully saturated rings.